The van der Waals surface area contributed by atoms with E-state index in [9.17, 15) is 4.79 Å². The summed E-state index contributed by atoms with van der Waals surface area (Å²) >= 11 is 0. The van der Waals surface area contributed by atoms with Crippen LogP contribution in [0.25, 0.3) is 16.6 Å². The van der Waals surface area contributed by atoms with E-state index < -0.39 is 0 Å². The quantitative estimate of drug-likeness (QED) is 0.538. The molecule has 2 amide bonds. The maximum absolute atomic E-state index is 12.7. The van der Waals surface area contributed by atoms with Crippen LogP contribution in [-0.4, -0.2) is 56.7 Å². The molecular formula is C24H27N7O. The fourth-order valence-electron chi connectivity index (χ4n) is 4.17. The van der Waals surface area contributed by atoms with Crippen LogP contribution in [0.1, 0.15) is 31.2 Å². The summed E-state index contributed by atoms with van der Waals surface area (Å²) in [7, 11) is 0. The molecule has 0 bridgehead atoms. The van der Waals surface area contributed by atoms with Crippen molar-refractivity contribution in [2.24, 2.45) is 0 Å². The van der Waals surface area contributed by atoms with Gasteiger partial charge in [0.25, 0.3) is 0 Å². The number of piperazine rings is 1. The Morgan fingerprint density at radius 1 is 0.969 bits per heavy atom. The first-order valence-electron chi connectivity index (χ1n) is 11.1. The highest BCUT2D eigenvalue weighted by Gasteiger charge is 2.26. The van der Waals surface area contributed by atoms with Gasteiger partial charge in [-0.2, -0.15) is 0 Å². The topological polar surface area (TPSA) is 78.7 Å². The van der Waals surface area contributed by atoms with Crippen molar-refractivity contribution in [3.8, 4) is 0 Å². The Morgan fingerprint density at radius 2 is 1.69 bits per heavy atom. The third-order valence-electron chi connectivity index (χ3n) is 5.91. The Morgan fingerprint density at radius 3 is 2.44 bits per heavy atom. The SMILES string of the molecule is CC(C)c1nnc2c3ccccc3nc(N3CCN(C(=O)NCc4ccccc4)CC3)n12. The molecule has 0 atom stereocenters. The van der Waals surface area contributed by atoms with E-state index in [4.69, 9.17) is 4.98 Å². The first-order valence-corrected chi connectivity index (χ1v) is 11.1. The number of nitrogens with one attached hydrogen (secondary N) is 1. The summed E-state index contributed by atoms with van der Waals surface area (Å²) in [6.07, 6.45) is 0. The zero-order valence-electron chi connectivity index (χ0n) is 18.4. The second kappa shape index (κ2) is 8.45. The summed E-state index contributed by atoms with van der Waals surface area (Å²) in [6.45, 7) is 7.44. The maximum atomic E-state index is 12.7. The van der Waals surface area contributed by atoms with Crippen LogP contribution in [0.5, 0.6) is 0 Å². The minimum atomic E-state index is -0.0303. The number of fused-ring (bicyclic) bond motifs is 3. The Kier molecular flexibility index (Phi) is 5.34. The molecular weight excluding hydrogens is 402 g/mol. The average molecular weight is 430 g/mol. The molecule has 4 aromatic rings. The number of rotatable bonds is 4. The summed E-state index contributed by atoms with van der Waals surface area (Å²) in [6, 6.07) is 18.0. The molecule has 32 heavy (non-hydrogen) atoms. The van der Waals surface area contributed by atoms with Gasteiger partial charge in [-0.25, -0.2) is 14.2 Å². The van der Waals surface area contributed by atoms with E-state index in [1.165, 1.54) is 0 Å². The van der Waals surface area contributed by atoms with E-state index in [0.717, 1.165) is 33.9 Å². The molecule has 1 aliphatic heterocycles. The first-order chi connectivity index (χ1) is 15.6. The predicted octanol–water partition coefficient (Wildman–Crippen LogP) is 3.43. The molecule has 1 saturated heterocycles. The van der Waals surface area contributed by atoms with Crippen LogP contribution in [-0.2, 0) is 6.54 Å². The number of urea groups is 1. The number of aromatic nitrogens is 4. The fourth-order valence-corrected chi connectivity index (χ4v) is 4.17. The van der Waals surface area contributed by atoms with Gasteiger partial charge in [0.15, 0.2) is 5.65 Å². The summed E-state index contributed by atoms with van der Waals surface area (Å²) in [4.78, 5) is 21.7. The van der Waals surface area contributed by atoms with Crippen molar-refractivity contribution in [2.45, 2.75) is 26.3 Å². The van der Waals surface area contributed by atoms with E-state index in [-0.39, 0.29) is 11.9 Å². The fraction of sp³-hybridized carbons (Fsp3) is 0.333. The summed E-state index contributed by atoms with van der Waals surface area (Å²) < 4.78 is 2.08. The van der Waals surface area contributed by atoms with Crippen LogP contribution in [0.3, 0.4) is 0 Å². The number of nitrogens with zero attached hydrogens (tertiary/aromatic N) is 6. The van der Waals surface area contributed by atoms with Crippen molar-refractivity contribution in [1.82, 2.24) is 29.8 Å². The molecule has 3 heterocycles. The third kappa shape index (κ3) is 3.72. The molecule has 0 saturated carbocycles. The Labute approximate surface area is 186 Å². The third-order valence-corrected chi connectivity index (χ3v) is 5.91. The highest BCUT2D eigenvalue weighted by molar-refractivity contribution is 5.92. The zero-order chi connectivity index (χ0) is 22.1. The average Bonchev–Trinajstić information content (AvgIpc) is 3.29. The molecule has 2 aromatic carbocycles. The van der Waals surface area contributed by atoms with Crippen LogP contribution < -0.4 is 10.2 Å². The van der Waals surface area contributed by atoms with Gasteiger partial charge in [0.05, 0.1) is 5.52 Å². The molecule has 1 fully saturated rings. The van der Waals surface area contributed by atoms with E-state index in [2.05, 4.69) is 38.7 Å². The Bertz CT molecular complexity index is 1240. The predicted molar refractivity (Wildman–Crippen MR) is 125 cm³/mol. The zero-order valence-corrected chi connectivity index (χ0v) is 18.4. The number of amides is 2. The van der Waals surface area contributed by atoms with Crippen molar-refractivity contribution in [3.05, 3.63) is 66.0 Å². The van der Waals surface area contributed by atoms with Crippen LogP contribution in [0.15, 0.2) is 54.6 Å². The van der Waals surface area contributed by atoms with Crippen LogP contribution in [0.2, 0.25) is 0 Å². The lowest BCUT2D eigenvalue weighted by Crippen LogP contribution is -2.52. The van der Waals surface area contributed by atoms with Crippen molar-refractivity contribution in [1.29, 1.82) is 0 Å². The first kappa shape index (κ1) is 20.2. The number of carbonyl (C=O) groups is 1. The number of para-hydroxylation sites is 1. The normalized spacial score (nSPS) is 14.5. The summed E-state index contributed by atoms with van der Waals surface area (Å²) in [5.74, 6) is 1.96. The molecule has 0 radical (unpaired) electrons. The van der Waals surface area contributed by atoms with Gasteiger partial charge >= 0.3 is 6.03 Å². The minimum Gasteiger partial charge on any atom is -0.338 e. The van der Waals surface area contributed by atoms with Crippen LogP contribution in [0, 0.1) is 0 Å². The van der Waals surface area contributed by atoms with Crippen molar-refractivity contribution in [3.63, 3.8) is 0 Å². The summed E-state index contributed by atoms with van der Waals surface area (Å²) in [5, 5.41) is 13.0. The minimum absolute atomic E-state index is 0.0303. The second-order valence-electron chi connectivity index (χ2n) is 8.42. The number of anilines is 1. The molecule has 0 unspecified atom stereocenters. The van der Waals surface area contributed by atoms with Crippen molar-refractivity contribution in [2.75, 3.05) is 31.1 Å². The van der Waals surface area contributed by atoms with Gasteiger partial charge in [-0.15, -0.1) is 10.2 Å². The second-order valence-corrected chi connectivity index (χ2v) is 8.42. The number of benzene rings is 2. The number of hydrogen-bond acceptors (Lipinski definition) is 5. The number of hydrogen-bond donors (Lipinski definition) is 1. The lowest BCUT2D eigenvalue weighted by Gasteiger charge is -2.35. The van der Waals surface area contributed by atoms with Crippen LogP contribution in [0.4, 0.5) is 10.7 Å². The molecule has 1 aliphatic rings. The summed E-state index contributed by atoms with van der Waals surface area (Å²) in [5.41, 5.74) is 2.83. The van der Waals surface area contributed by atoms with Gasteiger partial charge in [-0.3, -0.25) is 0 Å². The number of carbonyl (C=O) groups excluding carboxylic acids is 1. The largest absolute Gasteiger partial charge is 0.338 e. The molecule has 8 nitrogen and oxygen atoms in total. The van der Waals surface area contributed by atoms with Crippen molar-refractivity contribution >= 4 is 28.5 Å². The van der Waals surface area contributed by atoms with Gasteiger partial charge in [-0.1, -0.05) is 56.3 Å². The van der Waals surface area contributed by atoms with E-state index in [0.29, 0.717) is 32.7 Å². The van der Waals surface area contributed by atoms with Gasteiger partial charge in [-0.05, 0) is 17.7 Å². The lowest BCUT2D eigenvalue weighted by atomic mass is 10.2. The van der Waals surface area contributed by atoms with Gasteiger partial charge in [0, 0.05) is 44.0 Å². The van der Waals surface area contributed by atoms with Gasteiger partial charge in [0.2, 0.25) is 5.95 Å². The Balaban J connectivity index is 1.36. The maximum Gasteiger partial charge on any atom is 0.317 e. The molecule has 8 heteroatoms. The molecule has 5 rings (SSSR count). The molecule has 0 aliphatic carbocycles. The van der Waals surface area contributed by atoms with Gasteiger partial charge in [0.1, 0.15) is 5.82 Å². The highest BCUT2D eigenvalue weighted by atomic mass is 16.2. The Hall–Kier alpha value is -3.68. The highest BCUT2D eigenvalue weighted by Crippen LogP contribution is 2.27. The monoisotopic (exact) mass is 429 g/mol. The van der Waals surface area contributed by atoms with Crippen LogP contribution >= 0.6 is 0 Å². The molecule has 164 valence electrons. The standard InChI is InChI=1S/C24H27N7O/c1-17(2)21-27-28-22-19-10-6-7-11-20(19)26-23(31(21)22)29-12-14-30(15-13-29)24(32)25-16-18-8-4-3-5-9-18/h3-11,17H,12-16H2,1-2H3,(H,25,32). The van der Waals surface area contributed by atoms with E-state index in [1.807, 2.05) is 59.5 Å². The molecule has 0 spiro atoms. The van der Waals surface area contributed by atoms with Gasteiger partial charge < -0.3 is 15.1 Å². The van der Waals surface area contributed by atoms with E-state index >= 15 is 0 Å². The van der Waals surface area contributed by atoms with Crippen molar-refractivity contribution < 1.29 is 4.79 Å². The smallest absolute Gasteiger partial charge is 0.317 e. The lowest BCUT2D eigenvalue weighted by molar-refractivity contribution is 0.193. The molecule has 1 N–H and O–H groups in total. The van der Waals surface area contributed by atoms with E-state index in [1.54, 1.807) is 0 Å². The molecule has 2 aromatic heterocycles.